The van der Waals surface area contributed by atoms with Gasteiger partial charge in [-0.15, -0.1) is 0 Å². The zero-order valence-electron chi connectivity index (χ0n) is 16.4. The summed E-state index contributed by atoms with van der Waals surface area (Å²) in [6.07, 6.45) is -0.439. The number of benzene rings is 2. The number of amides is 2. The fourth-order valence-corrected chi connectivity index (χ4v) is 2.46. The first-order valence-corrected chi connectivity index (χ1v) is 9.46. The van der Waals surface area contributed by atoms with Crippen LogP contribution in [0.25, 0.3) is 0 Å². The Labute approximate surface area is 174 Å². The molecule has 0 heterocycles. The molecular weight excluding hydrogens is 388 g/mol. The molecule has 0 aromatic heterocycles. The Morgan fingerprint density at radius 2 is 1.43 bits per heavy atom. The van der Waals surface area contributed by atoms with E-state index in [-0.39, 0.29) is 32.6 Å². The monoisotopic (exact) mass is 412 g/mol. The lowest BCUT2D eigenvalue weighted by atomic mass is 10.2. The summed E-state index contributed by atoms with van der Waals surface area (Å²) in [5.41, 5.74) is 1.58. The minimum atomic E-state index is -1.19. The zero-order valence-corrected chi connectivity index (χ0v) is 16.4. The number of carbonyl (C=O) groups is 4. The number of carbonyl (C=O) groups excluding carboxylic acids is 4. The lowest BCUT2D eigenvalue weighted by Crippen LogP contribution is -2.48. The molecule has 2 rings (SSSR count). The lowest BCUT2D eigenvalue weighted by Gasteiger charge is -2.17. The number of hydrogen-bond acceptors (Lipinski definition) is 6. The topological polar surface area (TPSA) is 111 Å². The summed E-state index contributed by atoms with van der Waals surface area (Å²) >= 11 is 0. The van der Waals surface area contributed by atoms with Gasteiger partial charge >= 0.3 is 12.1 Å². The molecule has 0 aliphatic heterocycles. The van der Waals surface area contributed by atoms with Crippen LogP contribution in [0.3, 0.4) is 0 Å². The fraction of sp³-hybridized carbons (Fsp3) is 0.273. The third-order valence-corrected chi connectivity index (χ3v) is 4.00. The molecule has 2 N–H and O–H groups in total. The first kappa shape index (κ1) is 22.6. The van der Waals surface area contributed by atoms with E-state index in [1.165, 1.54) is 0 Å². The first-order valence-electron chi connectivity index (χ1n) is 9.46. The number of alkyl carbamates (subject to hydrolysis) is 1. The van der Waals surface area contributed by atoms with E-state index in [4.69, 9.17) is 9.47 Å². The molecule has 8 heteroatoms. The van der Waals surface area contributed by atoms with E-state index < -0.39 is 24.0 Å². The quantitative estimate of drug-likeness (QED) is 0.332. The van der Waals surface area contributed by atoms with Crippen LogP contribution >= 0.6 is 0 Å². The molecule has 0 aliphatic rings. The van der Waals surface area contributed by atoms with Crippen molar-refractivity contribution in [3.63, 3.8) is 0 Å². The molecule has 0 radical (unpaired) electrons. The van der Waals surface area contributed by atoms with Crippen molar-refractivity contribution in [1.29, 1.82) is 0 Å². The zero-order chi connectivity index (χ0) is 21.6. The largest absolute Gasteiger partial charge is 0.461 e. The van der Waals surface area contributed by atoms with Gasteiger partial charge in [0.2, 0.25) is 5.91 Å². The van der Waals surface area contributed by atoms with Gasteiger partial charge in [0, 0.05) is 13.0 Å². The van der Waals surface area contributed by atoms with Gasteiger partial charge < -0.3 is 24.9 Å². The van der Waals surface area contributed by atoms with Crippen LogP contribution in [0.15, 0.2) is 60.7 Å². The molecule has 2 aromatic rings. The SMILES string of the molecule is O=CCCNC(=O)C(CC(=O)OCc1ccccc1)NC(=O)OCc1ccccc1. The smallest absolute Gasteiger partial charge is 0.408 e. The maximum Gasteiger partial charge on any atom is 0.408 e. The van der Waals surface area contributed by atoms with Crippen molar-refractivity contribution in [3.8, 4) is 0 Å². The molecule has 0 saturated carbocycles. The van der Waals surface area contributed by atoms with Crippen LogP contribution in [-0.4, -0.2) is 36.8 Å². The highest BCUT2D eigenvalue weighted by molar-refractivity contribution is 5.89. The van der Waals surface area contributed by atoms with Crippen LogP contribution < -0.4 is 10.6 Å². The van der Waals surface area contributed by atoms with Gasteiger partial charge in [0.15, 0.2) is 0 Å². The number of nitrogens with one attached hydrogen (secondary N) is 2. The highest BCUT2D eigenvalue weighted by Crippen LogP contribution is 2.05. The highest BCUT2D eigenvalue weighted by atomic mass is 16.5. The average molecular weight is 412 g/mol. The van der Waals surface area contributed by atoms with Crippen LogP contribution in [0.4, 0.5) is 4.79 Å². The molecule has 0 bridgehead atoms. The van der Waals surface area contributed by atoms with E-state index in [1.54, 1.807) is 24.3 Å². The number of rotatable bonds is 11. The van der Waals surface area contributed by atoms with Gasteiger partial charge in [-0.2, -0.15) is 0 Å². The summed E-state index contributed by atoms with van der Waals surface area (Å²) in [5.74, 6) is -1.26. The molecule has 8 nitrogen and oxygen atoms in total. The van der Waals surface area contributed by atoms with Crippen LogP contribution in [0, 0.1) is 0 Å². The molecule has 0 spiro atoms. The van der Waals surface area contributed by atoms with Crippen molar-refractivity contribution in [3.05, 3.63) is 71.8 Å². The van der Waals surface area contributed by atoms with E-state index in [1.807, 2.05) is 36.4 Å². The van der Waals surface area contributed by atoms with Gasteiger partial charge in [0.05, 0.1) is 6.42 Å². The van der Waals surface area contributed by atoms with Gasteiger partial charge in [-0.25, -0.2) is 4.79 Å². The Morgan fingerprint density at radius 1 is 0.867 bits per heavy atom. The van der Waals surface area contributed by atoms with Crippen LogP contribution in [0.5, 0.6) is 0 Å². The Hall–Kier alpha value is -3.68. The van der Waals surface area contributed by atoms with Gasteiger partial charge in [-0.3, -0.25) is 9.59 Å². The van der Waals surface area contributed by atoms with Crippen LogP contribution in [-0.2, 0) is 37.1 Å². The second kappa shape index (κ2) is 12.7. The molecule has 0 fully saturated rings. The minimum Gasteiger partial charge on any atom is -0.461 e. The standard InChI is InChI=1S/C22H24N2O6/c25-13-7-12-23-21(27)19(14-20(26)29-15-17-8-3-1-4-9-17)24-22(28)30-16-18-10-5-2-6-11-18/h1-6,8-11,13,19H,7,12,14-16H2,(H,23,27)(H,24,28). The van der Waals surface area contributed by atoms with E-state index in [2.05, 4.69) is 10.6 Å². The van der Waals surface area contributed by atoms with Crippen molar-refractivity contribution in [1.82, 2.24) is 10.6 Å². The summed E-state index contributed by atoms with van der Waals surface area (Å²) in [7, 11) is 0. The lowest BCUT2D eigenvalue weighted by molar-refractivity contribution is -0.147. The van der Waals surface area contributed by atoms with Gasteiger partial charge in [0.25, 0.3) is 0 Å². The van der Waals surface area contributed by atoms with Crippen molar-refractivity contribution in [2.24, 2.45) is 0 Å². The van der Waals surface area contributed by atoms with Gasteiger partial charge in [-0.05, 0) is 11.1 Å². The average Bonchev–Trinajstić information content (AvgIpc) is 2.77. The summed E-state index contributed by atoms with van der Waals surface area (Å²) < 4.78 is 10.3. The first-order chi connectivity index (χ1) is 14.6. The van der Waals surface area contributed by atoms with Gasteiger partial charge in [0.1, 0.15) is 25.5 Å². The van der Waals surface area contributed by atoms with Crippen LogP contribution in [0.2, 0.25) is 0 Å². The fourth-order valence-electron chi connectivity index (χ4n) is 2.46. The van der Waals surface area contributed by atoms with Crippen molar-refractivity contribution >= 4 is 24.3 Å². The molecule has 1 atom stereocenters. The summed E-state index contributed by atoms with van der Waals surface area (Å²) in [6, 6.07) is 16.9. The Kier molecular flexibility index (Phi) is 9.58. The third kappa shape index (κ3) is 8.55. The molecule has 2 amide bonds. The number of hydrogen-bond donors (Lipinski definition) is 2. The predicted octanol–water partition coefficient (Wildman–Crippen LogP) is 2.12. The molecule has 2 aromatic carbocycles. The summed E-state index contributed by atoms with van der Waals surface area (Å²) in [5, 5.41) is 4.87. The van der Waals surface area contributed by atoms with Crippen LogP contribution in [0.1, 0.15) is 24.0 Å². The van der Waals surface area contributed by atoms with Gasteiger partial charge in [-0.1, -0.05) is 60.7 Å². The number of aldehydes is 1. The maximum absolute atomic E-state index is 12.3. The summed E-state index contributed by atoms with van der Waals surface area (Å²) in [6.45, 7) is 0.168. The van der Waals surface area contributed by atoms with E-state index in [0.717, 1.165) is 11.1 Å². The van der Waals surface area contributed by atoms with Crippen molar-refractivity contribution in [2.45, 2.75) is 32.1 Å². The van der Waals surface area contributed by atoms with E-state index in [9.17, 15) is 19.2 Å². The maximum atomic E-state index is 12.3. The highest BCUT2D eigenvalue weighted by Gasteiger charge is 2.25. The summed E-state index contributed by atoms with van der Waals surface area (Å²) in [4.78, 5) is 47.0. The molecule has 0 aliphatic carbocycles. The van der Waals surface area contributed by atoms with E-state index >= 15 is 0 Å². The Balaban J connectivity index is 1.89. The second-order valence-corrected chi connectivity index (χ2v) is 6.36. The predicted molar refractivity (Wildman–Crippen MR) is 108 cm³/mol. The van der Waals surface area contributed by atoms with Crippen molar-refractivity contribution in [2.75, 3.05) is 6.54 Å². The number of esters is 1. The Morgan fingerprint density at radius 3 is 2.00 bits per heavy atom. The molecule has 0 saturated heterocycles. The molecule has 1 unspecified atom stereocenters. The third-order valence-electron chi connectivity index (χ3n) is 4.00. The minimum absolute atomic E-state index is 0.0185. The Bertz CT molecular complexity index is 769. The van der Waals surface area contributed by atoms with E-state index in [0.29, 0.717) is 6.29 Å². The number of ether oxygens (including phenoxy) is 2. The molecular formula is C22H24N2O6. The molecule has 30 heavy (non-hydrogen) atoms. The normalized spacial score (nSPS) is 11.1. The molecule has 158 valence electrons. The van der Waals surface area contributed by atoms with Crippen molar-refractivity contribution < 1.29 is 28.7 Å². The second-order valence-electron chi connectivity index (χ2n) is 6.36.